The van der Waals surface area contributed by atoms with E-state index in [0.717, 1.165) is 16.8 Å². The van der Waals surface area contributed by atoms with E-state index in [4.69, 9.17) is 5.73 Å². The Bertz CT molecular complexity index is 555. The minimum atomic E-state index is -1.06. The van der Waals surface area contributed by atoms with Crippen LogP contribution in [0.2, 0.25) is 0 Å². The summed E-state index contributed by atoms with van der Waals surface area (Å²) >= 11 is 0. The van der Waals surface area contributed by atoms with E-state index < -0.39 is 5.97 Å². The quantitative estimate of drug-likeness (QED) is 0.774. The average molecular weight is 263 g/mol. The van der Waals surface area contributed by atoms with Crippen LogP contribution in [0.1, 0.15) is 34.1 Å². The predicted octanol–water partition coefficient (Wildman–Crippen LogP) is 0.618. The van der Waals surface area contributed by atoms with Crippen LogP contribution in [0.5, 0.6) is 0 Å². The number of nitrogens with zero attached hydrogens (tertiary/aromatic N) is 2. The first kappa shape index (κ1) is 13.3. The summed E-state index contributed by atoms with van der Waals surface area (Å²) < 4.78 is 0. The molecule has 1 aliphatic rings. The Hall–Kier alpha value is -2.11. The van der Waals surface area contributed by atoms with Crippen molar-refractivity contribution >= 4 is 17.7 Å². The average Bonchev–Trinajstić information content (AvgIpc) is 2.51. The Morgan fingerprint density at radius 3 is 2.37 bits per heavy atom. The number of rotatable bonds is 1. The molecule has 19 heavy (non-hydrogen) atoms. The van der Waals surface area contributed by atoms with Crippen molar-refractivity contribution < 1.29 is 14.7 Å². The van der Waals surface area contributed by atoms with Crippen LogP contribution >= 0.6 is 0 Å². The lowest BCUT2D eigenvalue weighted by Gasteiger charge is -2.17. The Kier molecular flexibility index (Phi) is 3.42. The normalized spacial score (nSPS) is 14.7. The summed E-state index contributed by atoms with van der Waals surface area (Å²) in [6.45, 7) is 4.46. The minimum Gasteiger partial charge on any atom is -0.478 e. The number of aromatic carboxylic acids is 1. The van der Waals surface area contributed by atoms with Crippen molar-refractivity contribution in [2.75, 3.05) is 18.8 Å². The van der Waals surface area contributed by atoms with Crippen molar-refractivity contribution in [2.24, 2.45) is 0 Å². The van der Waals surface area contributed by atoms with E-state index in [0.29, 0.717) is 25.9 Å². The number of hydrogen-bond donors (Lipinski definition) is 2. The highest BCUT2D eigenvalue weighted by Crippen LogP contribution is 2.26. The fourth-order valence-electron chi connectivity index (χ4n) is 2.59. The zero-order chi connectivity index (χ0) is 14.2. The summed E-state index contributed by atoms with van der Waals surface area (Å²) in [6.07, 6.45) is 1.12. The zero-order valence-corrected chi connectivity index (χ0v) is 11.1. The van der Waals surface area contributed by atoms with Gasteiger partial charge < -0.3 is 15.7 Å². The number of fused-ring (bicyclic) bond motifs is 1. The Morgan fingerprint density at radius 1 is 1.26 bits per heavy atom. The number of carbonyl (C=O) groups is 2. The Balaban J connectivity index is 2.51. The summed E-state index contributed by atoms with van der Waals surface area (Å²) in [5.74, 6) is -0.999. The second-order valence-electron chi connectivity index (χ2n) is 4.73. The van der Waals surface area contributed by atoms with Crippen LogP contribution in [0.3, 0.4) is 0 Å². The van der Waals surface area contributed by atoms with Crippen LogP contribution in [0.25, 0.3) is 0 Å². The third kappa shape index (κ3) is 2.38. The molecule has 0 fully saturated rings. The van der Waals surface area contributed by atoms with E-state index >= 15 is 0 Å². The van der Waals surface area contributed by atoms with Gasteiger partial charge in [-0.3, -0.25) is 4.79 Å². The number of amides is 1. The van der Waals surface area contributed by atoms with Crippen LogP contribution in [0.15, 0.2) is 0 Å². The maximum atomic E-state index is 11.4. The van der Waals surface area contributed by atoms with Crippen molar-refractivity contribution in [1.29, 1.82) is 0 Å². The number of carboxylic acids is 1. The summed E-state index contributed by atoms with van der Waals surface area (Å²) in [5, 5.41) is 9.28. The number of nitrogens with two attached hydrogens (primary N) is 1. The molecule has 6 heteroatoms. The fraction of sp³-hybridized carbons (Fsp3) is 0.462. The van der Waals surface area contributed by atoms with E-state index in [-0.39, 0.29) is 17.3 Å². The summed E-state index contributed by atoms with van der Waals surface area (Å²) in [4.78, 5) is 28.6. The number of pyridine rings is 1. The molecule has 0 unspecified atom stereocenters. The van der Waals surface area contributed by atoms with Crippen molar-refractivity contribution in [3.8, 4) is 0 Å². The molecule has 3 N–H and O–H groups in total. The molecular weight excluding hydrogens is 246 g/mol. The summed E-state index contributed by atoms with van der Waals surface area (Å²) in [7, 11) is 0. The van der Waals surface area contributed by atoms with Gasteiger partial charge in [-0.05, 0) is 30.9 Å². The van der Waals surface area contributed by atoms with Crippen LogP contribution < -0.4 is 5.73 Å². The first-order valence-electron chi connectivity index (χ1n) is 6.18. The van der Waals surface area contributed by atoms with E-state index in [9.17, 15) is 14.7 Å². The lowest BCUT2D eigenvalue weighted by Crippen LogP contribution is -2.31. The van der Waals surface area contributed by atoms with Gasteiger partial charge in [-0.2, -0.15) is 0 Å². The smallest absolute Gasteiger partial charge is 0.339 e. The molecule has 0 saturated heterocycles. The molecule has 1 aromatic rings. The molecule has 2 heterocycles. The van der Waals surface area contributed by atoms with Gasteiger partial charge in [0.1, 0.15) is 11.4 Å². The molecular formula is C13H17N3O3. The highest BCUT2D eigenvalue weighted by Gasteiger charge is 2.25. The van der Waals surface area contributed by atoms with E-state index in [1.54, 1.807) is 4.90 Å². The van der Waals surface area contributed by atoms with Crippen LogP contribution in [-0.4, -0.2) is 40.0 Å². The maximum absolute atomic E-state index is 11.4. The minimum absolute atomic E-state index is 0.00302. The lowest BCUT2D eigenvalue weighted by atomic mass is 9.96. The molecule has 0 atom stereocenters. The first-order chi connectivity index (χ1) is 8.91. The SMILES string of the molecule is CC(=O)N1CCc2c(C)nc(N)c(C(=O)O)c2CC1. The number of carbonyl (C=O) groups excluding carboxylic acids is 1. The molecule has 1 amide bonds. The highest BCUT2D eigenvalue weighted by molar-refractivity contribution is 5.95. The van der Waals surface area contributed by atoms with E-state index in [1.165, 1.54) is 6.92 Å². The van der Waals surface area contributed by atoms with Gasteiger partial charge in [-0.15, -0.1) is 0 Å². The topological polar surface area (TPSA) is 96.5 Å². The van der Waals surface area contributed by atoms with E-state index in [1.807, 2.05) is 6.92 Å². The van der Waals surface area contributed by atoms with Gasteiger partial charge in [-0.1, -0.05) is 0 Å². The number of hydrogen-bond acceptors (Lipinski definition) is 4. The van der Waals surface area contributed by atoms with Crippen LogP contribution in [0, 0.1) is 6.92 Å². The standard InChI is InChI=1S/C13H17N3O3/c1-7-9-3-5-16(8(2)17)6-4-10(9)11(13(18)19)12(14)15-7/h3-6H2,1-2H3,(H2,14,15)(H,18,19). The molecule has 1 aliphatic heterocycles. The molecule has 0 aromatic carbocycles. The second-order valence-corrected chi connectivity index (χ2v) is 4.73. The summed E-state index contributed by atoms with van der Waals surface area (Å²) in [6, 6.07) is 0. The molecule has 0 radical (unpaired) electrons. The molecule has 0 spiro atoms. The van der Waals surface area contributed by atoms with Gasteiger partial charge in [0.05, 0.1) is 0 Å². The molecule has 1 aromatic heterocycles. The zero-order valence-electron chi connectivity index (χ0n) is 11.1. The molecule has 6 nitrogen and oxygen atoms in total. The number of anilines is 1. The Morgan fingerprint density at radius 2 is 1.84 bits per heavy atom. The van der Waals surface area contributed by atoms with Crippen LogP contribution in [-0.2, 0) is 17.6 Å². The van der Waals surface area contributed by atoms with Gasteiger partial charge >= 0.3 is 5.97 Å². The fourth-order valence-corrected chi connectivity index (χ4v) is 2.59. The number of carboxylic acid groups (broad SMARTS) is 1. The van der Waals surface area contributed by atoms with Crippen molar-refractivity contribution in [3.05, 3.63) is 22.4 Å². The molecule has 0 aliphatic carbocycles. The lowest BCUT2D eigenvalue weighted by molar-refractivity contribution is -0.128. The van der Waals surface area contributed by atoms with Gasteiger partial charge in [0.15, 0.2) is 0 Å². The molecule has 0 bridgehead atoms. The first-order valence-corrected chi connectivity index (χ1v) is 6.18. The largest absolute Gasteiger partial charge is 0.478 e. The van der Waals surface area contributed by atoms with Gasteiger partial charge in [0.25, 0.3) is 0 Å². The third-order valence-corrected chi connectivity index (χ3v) is 3.57. The highest BCUT2D eigenvalue weighted by atomic mass is 16.4. The van der Waals surface area contributed by atoms with Gasteiger partial charge in [0, 0.05) is 25.7 Å². The predicted molar refractivity (Wildman–Crippen MR) is 70.0 cm³/mol. The van der Waals surface area contributed by atoms with E-state index in [2.05, 4.69) is 4.98 Å². The number of aromatic nitrogens is 1. The molecule has 2 rings (SSSR count). The number of nitrogen functional groups attached to an aromatic ring is 1. The maximum Gasteiger partial charge on any atom is 0.339 e. The summed E-state index contributed by atoms with van der Waals surface area (Å²) in [5.41, 5.74) is 8.20. The molecule has 102 valence electrons. The Labute approximate surface area is 111 Å². The monoisotopic (exact) mass is 263 g/mol. The van der Waals surface area contributed by atoms with Gasteiger partial charge in [-0.25, -0.2) is 9.78 Å². The van der Waals surface area contributed by atoms with Crippen molar-refractivity contribution in [1.82, 2.24) is 9.88 Å². The van der Waals surface area contributed by atoms with Crippen molar-refractivity contribution in [3.63, 3.8) is 0 Å². The van der Waals surface area contributed by atoms with Crippen molar-refractivity contribution in [2.45, 2.75) is 26.7 Å². The van der Waals surface area contributed by atoms with Gasteiger partial charge in [0.2, 0.25) is 5.91 Å². The molecule has 0 saturated carbocycles. The second kappa shape index (κ2) is 4.87. The number of aryl methyl sites for hydroxylation is 1. The van der Waals surface area contributed by atoms with Crippen LogP contribution in [0.4, 0.5) is 5.82 Å². The third-order valence-electron chi connectivity index (χ3n) is 3.57.